The van der Waals surface area contributed by atoms with Gasteiger partial charge in [-0.15, -0.1) is 0 Å². The maximum absolute atomic E-state index is 8.35. The number of benzene rings is 2. The molecule has 1 aliphatic rings. The molecule has 0 unspecified atom stereocenters. The first-order valence-electron chi connectivity index (χ1n) is 10.3. The van der Waals surface area contributed by atoms with Gasteiger partial charge in [-0.1, -0.05) is 89.6 Å². The molecule has 154 valence electrons. The lowest BCUT2D eigenvalue weighted by molar-refractivity contribution is 0.276. The Balaban J connectivity index is 0.000000345. The number of fused-ring (bicyclic) bond motifs is 3. The van der Waals surface area contributed by atoms with E-state index in [1.54, 1.807) is 0 Å². The van der Waals surface area contributed by atoms with Crippen molar-refractivity contribution in [2.75, 3.05) is 12.4 Å². The summed E-state index contributed by atoms with van der Waals surface area (Å²) in [6, 6.07) is 17.9. The normalized spacial score (nSPS) is 13.5. The number of thioether (sulfide) groups is 1. The zero-order chi connectivity index (χ0) is 20.8. The predicted octanol–water partition coefficient (Wildman–Crippen LogP) is 7.19. The summed E-state index contributed by atoms with van der Waals surface area (Å²) in [5.41, 5.74) is 5.90. The van der Waals surface area contributed by atoms with E-state index in [1.165, 1.54) is 40.8 Å². The smallest absolute Gasteiger partial charge is 0.0443 e. The molecule has 0 aromatic heterocycles. The van der Waals surface area contributed by atoms with Crippen molar-refractivity contribution in [3.63, 3.8) is 0 Å². The molecule has 3 heteroatoms. The van der Waals surface area contributed by atoms with Crippen molar-refractivity contribution in [1.82, 2.24) is 0 Å². The first-order valence-corrected chi connectivity index (χ1v) is 11.8. The van der Waals surface area contributed by atoms with Gasteiger partial charge in [0.05, 0.1) is 0 Å². The Kier molecular flexibility index (Phi) is 8.54. The van der Waals surface area contributed by atoms with Gasteiger partial charge in [-0.25, -0.2) is 0 Å². The lowest BCUT2D eigenvalue weighted by Crippen LogP contribution is -2.16. The molecule has 2 aromatic carbocycles. The van der Waals surface area contributed by atoms with E-state index >= 15 is 0 Å². The van der Waals surface area contributed by atoms with Crippen molar-refractivity contribution in [2.45, 2.75) is 69.3 Å². The molecule has 1 nitrogen and oxygen atoms in total. The molecule has 2 aromatic rings. The number of thiol groups is 1. The van der Waals surface area contributed by atoms with E-state index < -0.39 is 0 Å². The number of aliphatic hydroxyl groups excluding tert-OH is 1. The Labute approximate surface area is 181 Å². The lowest BCUT2D eigenvalue weighted by Gasteiger charge is -2.25. The van der Waals surface area contributed by atoms with Gasteiger partial charge in [-0.3, -0.25) is 0 Å². The van der Waals surface area contributed by atoms with Gasteiger partial charge < -0.3 is 5.11 Å². The van der Waals surface area contributed by atoms with Crippen LogP contribution in [-0.2, 0) is 0 Å². The van der Waals surface area contributed by atoms with Gasteiger partial charge >= 0.3 is 0 Å². The number of aliphatic hydroxyl groups is 1. The molecule has 1 aliphatic carbocycles. The van der Waals surface area contributed by atoms with E-state index in [4.69, 9.17) is 5.11 Å². The Hall–Kier alpha value is -0.900. The summed E-state index contributed by atoms with van der Waals surface area (Å²) in [5, 5.41) is 8.35. The molecule has 3 rings (SSSR count). The summed E-state index contributed by atoms with van der Waals surface area (Å²) in [6.07, 6.45) is 3.31. The van der Waals surface area contributed by atoms with Crippen molar-refractivity contribution in [3.05, 3.63) is 59.7 Å². The minimum atomic E-state index is -0.00521. The van der Waals surface area contributed by atoms with Gasteiger partial charge in [0.25, 0.3) is 0 Å². The van der Waals surface area contributed by atoms with Gasteiger partial charge in [-0.2, -0.15) is 24.4 Å². The second kappa shape index (κ2) is 10.2. The fraction of sp³-hybridized carbons (Fsp3) is 0.520. The van der Waals surface area contributed by atoms with Crippen LogP contribution in [0.5, 0.6) is 0 Å². The van der Waals surface area contributed by atoms with Crippen molar-refractivity contribution >= 4 is 24.4 Å². The highest BCUT2D eigenvalue weighted by Gasteiger charge is 2.29. The standard InChI is InChI=1S/C20H24S.C5H12OS/c1-4-13-20(2,3)21-14-19-17-11-7-5-9-15(17)16-10-6-8-12-18(16)19;1-5(2,7)3-4-6/h5-12,19H,4,13-14H2,1-3H3;6-7H,3-4H2,1-2H3. The molecule has 1 N–H and O–H groups in total. The summed E-state index contributed by atoms with van der Waals surface area (Å²) < 4.78 is 0.371. The minimum absolute atomic E-state index is 0.00521. The van der Waals surface area contributed by atoms with Crippen molar-refractivity contribution < 1.29 is 5.11 Å². The van der Waals surface area contributed by atoms with Crippen LogP contribution in [0, 0.1) is 0 Å². The van der Waals surface area contributed by atoms with Gasteiger partial charge in [0.2, 0.25) is 0 Å². The average Bonchev–Trinajstić information content (AvgIpc) is 2.94. The number of hydrogen-bond donors (Lipinski definition) is 2. The summed E-state index contributed by atoms with van der Waals surface area (Å²) >= 11 is 6.30. The molecule has 0 saturated heterocycles. The van der Waals surface area contributed by atoms with Crippen molar-refractivity contribution in [3.8, 4) is 11.1 Å². The topological polar surface area (TPSA) is 20.2 Å². The summed E-state index contributed by atoms with van der Waals surface area (Å²) in [4.78, 5) is 0. The van der Waals surface area contributed by atoms with Gasteiger partial charge in [-0.05, 0) is 35.1 Å². The average molecular weight is 417 g/mol. The summed E-state index contributed by atoms with van der Waals surface area (Å²) in [5.74, 6) is 1.74. The fourth-order valence-electron chi connectivity index (χ4n) is 3.70. The Morgan fingerprint density at radius 2 is 1.39 bits per heavy atom. The van der Waals surface area contributed by atoms with Gasteiger partial charge in [0, 0.05) is 27.8 Å². The van der Waals surface area contributed by atoms with Crippen LogP contribution in [0.2, 0.25) is 0 Å². The molecule has 28 heavy (non-hydrogen) atoms. The largest absolute Gasteiger partial charge is 0.396 e. The van der Waals surface area contributed by atoms with Crippen molar-refractivity contribution in [1.29, 1.82) is 0 Å². The first kappa shape index (κ1) is 23.4. The van der Waals surface area contributed by atoms with Gasteiger partial charge in [0.1, 0.15) is 0 Å². The van der Waals surface area contributed by atoms with Crippen molar-refractivity contribution in [2.24, 2.45) is 0 Å². The van der Waals surface area contributed by atoms with Crippen LogP contribution in [0.25, 0.3) is 11.1 Å². The zero-order valence-electron chi connectivity index (χ0n) is 18.0. The van der Waals surface area contributed by atoms with Crippen LogP contribution in [-0.4, -0.2) is 27.0 Å². The van der Waals surface area contributed by atoms with E-state index in [0.717, 1.165) is 6.42 Å². The van der Waals surface area contributed by atoms with E-state index in [9.17, 15) is 0 Å². The fourth-order valence-corrected chi connectivity index (χ4v) is 5.12. The summed E-state index contributed by atoms with van der Waals surface area (Å²) in [7, 11) is 0. The van der Waals surface area contributed by atoms with E-state index in [1.807, 2.05) is 13.8 Å². The molecule has 0 heterocycles. The molecule has 0 amide bonds. The highest BCUT2D eigenvalue weighted by atomic mass is 32.2. The SMILES string of the molecule is CC(C)(S)CCO.CCCC(C)(C)SCC1c2ccccc2-c2ccccc21. The summed E-state index contributed by atoms with van der Waals surface area (Å²) in [6.45, 7) is 11.2. The second-order valence-electron chi connectivity index (χ2n) is 8.83. The third kappa shape index (κ3) is 6.57. The van der Waals surface area contributed by atoms with Crippen LogP contribution < -0.4 is 0 Å². The quantitative estimate of drug-likeness (QED) is 0.466. The highest BCUT2D eigenvalue weighted by molar-refractivity contribution is 8.00. The van der Waals surface area contributed by atoms with Crippen LogP contribution in [0.1, 0.15) is 70.9 Å². The molecule has 0 bridgehead atoms. The maximum atomic E-state index is 8.35. The third-order valence-electron chi connectivity index (χ3n) is 5.18. The molecule has 0 aliphatic heterocycles. The number of hydrogen-bond acceptors (Lipinski definition) is 3. The van der Waals surface area contributed by atoms with E-state index in [-0.39, 0.29) is 11.4 Å². The minimum Gasteiger partial charge on any atom is -0.396 e. The molecule has 0 radical (unpaired) electrons. The molecular formula is C25H36OS2. The Morgan fingerprint density at radius 1 is 0.893 bits per heavy atom. The second-order valence-corrected chi connectivity index (χ2v) is 11.8. The maximum Gasteiger partial charge on any atom is 0.0443 e. The Bertz CT molecular complexity index is 701. The molecular weight excluding hydrogens is 380 g/mol. The molecule has 0 saturated carbocycles. The Morgan fingerprint density at radius 3 is 1.79 bits per heavy atom. The first-order chi connectivity index (χ1) is 13.2. The van der Waals surface area contributed by atoms with Crippen LogP contribution in [0.3, 0.4) is 0 Å². The van der Waals surface area contributed by atoms with E-state index in [0.29, 0.717) is 10.7 Å². The van der Waals surface area contributed by atoms with Crippen LogP contribution >= 0.6 is 24.4 Å². The zero-order valence-corrected chi connectivity index (χ0v) is 19.7. The lowest BCUT2D eigenvalue weighted by atomic mass is 9.99. The number of rotatable bonds is 7. The molecule has 0 atom stereocenters. The predicted molar refractivity (Wildman–Crippen MR) is 130 cm³/mol. The van der Waals surface area contributed by atoms with E-state index in [2.05, 4.69) is 93.7 Å². The molecule has 0 spiro atoms. The third-order valence-corrected chi connectivity index (χ3v) is 6.89. The van der Waals surface area contributed by atoms with Crippen LogP contribution in [0.15, 0.2) is 48.5 Å². The van der Waals surface area contributed by atoms with Crippen LogP contribution in [0.4, 0.5) is 0 Å². The van der Waals surface area contributed by atoms with Gasteiger partial charge in [0.15, 0.2) is 0 Å². The molecule has 0 fully saturated rings. The monoisotopic (exact) mass is 416 g/mol. The highest BCUT2D eigenvalue weighted by Crippen LogP contribution is 2.47.